The van der Waals surface area contributed by atoms with E-state index in [2.05, 4.69) is 9.82 Å². The summed E-state index contributed by atoms with van der Waals surface area (Å²) < 4.78 is 66.5. The van der Waals surface area contributed by atoms with Crippen LogP contribution in [0.1, 0.15) is 12.5 Å². The Bertz CT molecular complexity index is 1240. The van der Waals surface area contributed by atoms with Crippen molar-refractivity contribution >= 4 is 25.7 Å². The van der Waals surface area contributed by atoms with Crippen LogP contribution in [-0.2, 0) is 19.9 Å². The number of benzene rings is 2. The van der Waals surface area contributed by atoms with E-state index in [9.17, 15) is 21.2 Å². The fraction of sp³-hybridized carbons (Fsp3) is 0.211. The Morgan fingerprint density at radius 2 is 1.76 bits per heavy atom. The molecule has 152 valence electrons. The molecule has 2 heterocycles. The fourth-order valence-corrected chi connectivity index (χ4v) is 6.03. The second kappa shape index (κ2) is 7.27. The van der Waals surface area contributed by atoms with Gasteiger partial charge in [-0.05, 0) is 42.8 Å². The SMILES string of the molecule is O=S1(=O)CCC(n2nc(-c3ccc(F)cc3)cc2NS(=O)(=O)c2ccccc2)C1. The summed E-state index contributed by atoms with van der Waals surface area (Å²) >= 11 is 0. The molecule has 1 N–H and O–H groups in total. The molecule has 1 aromatic heterocycles. The summed E-state index contributed by atoms with van der Waals surface area (Å²) in [5.74, 6) is -0.332. The van der Waals surface area contributed by atoms with Gasteiger partial charge in [-0.1, -0.05) is 18.2 Å². The number of sulfonamides is 1. The summed E-state index contributed by atoms with van der Waals surface area (Å²) in [5, 5.41) is 4.44. The molecule has 29 heavy (non-hydrogen) atoms. The highest BCUT2D eigenvalue weighted by Gasteiger charge is 2.32. The summed E-state index contributed by atoms with van der Waals surface area (Å²) in [6.07, 6.45) is 0.340. The average molecular weight is 436 g/mol. The van der Waals surface area contributed by atoms with Gasteiger partial charge in [0.15, 0.2) is 9.84 Å². The van der Waals surface area contributed by atoms with Gasteiger partial charge in [0.05, 0.1) is 28.1 Å². The maximum atomic E-state index is 13.2. The molecular weight excluding hydrogens is 417 g/mol. The van der Waals surface area contributed by atoms with Gasteiger partial charge in [-0.15, -0.1) is 0 Å². The Labute approximate surface area is 168 Å². The van der Waals surface area contributed by atoms with Gasteiger partial charge in [-0.3, -0.25) is 4.72 Å². The number of aromatic nitrogens is 2. The van der Waals surface area contributed by atoms with Crippen LogP contribution in [0.3, 0.4) is 0 Å². The summed E-state index contributed by atoms with van der Waals surface area (Å²) in [6, 6.07) is 14.5. The van der Waals surface area contributed by atoms with Gasteiger partial charge in [0.1, 0.15) is 11.6 Å². The molecule has 1 fully saturated rings. The number of anilines is 1. The maximum Gasteiger partial charge on any atom is 0.263 e. The molecule has 0 aliphatic carbocycles. The molecule has 1 aliphatic heterocycles. The van der Waals surface area contributed by atoms with Gasteiger partial charge < -0.3 is 0 Å². The molecule has 0 amide bonds. The van der Waals surface area contributed by atoms with Crippen molar-refractivity contribution in [2.24, 2.45) is 0 Å². The standard InChI is InChI=1S/C19H18FN3O4S2/c20-15-8-6-14(7-9-15)18-12-19(22-29(26,27)17-4-2-1-3-5-17)23(21-18)16-10-11-28(24,25)13-16/h1-9,12,16,22H,10-11,13H2. The van der Waals surface area contributed by atoms with E-state index < -0.39 is 31.7 Å². The van der Waals surface area contributed by atoms with E-state index in [-0.39, 0.29) is 22.2 Å². The van der Waals surface area contributed by atoms with Crippen LogP contribution in [0.4, 0.5) is 10.2 Å². The van der Waals surface area contributed by atoms with Crippen molar-refractivity contribution < 1.29 is 21.2 Å². The van der Waals surface area contributed by atoms with E-state index >= 15 is 0 Å². The molecule has 4 rings (SSSR count). The molecule has 0 bridgehead atoms. The third-order valence-corrected chi connectivity index (χ3v) is 7.84. The van der Waals surface area contributed by atoms with Gasteiger partial charge in [0.2, 0.25) is 0 Å². The minimum Gasteiger partial charge on any atom is -0.264 e. The van der Waals surface area contributed by atoms with Crippen molar-refractivity contribution in [1.29, 1.82) is 0 Å². The van der Waals surface area contributed by atoms with Crippen LogP contribution >= 0.6 is 0 Å². The monoisotopic (exact) mass is 435 g/mol. The van der Waals surface area contributed by atoms with E-state index in [1.807, 2.05) is 0 Å². The lowest BCUT2D eigenvalue weighted by Gasteiger charge is -2.14. The Kier molecular flexibility index (Phi) is 4.91. The molecule has 0 radical (unpaired) electrons. The van der Waals surface area contributed by atoms with Crippen molar-refractivity contribution in [3.05, 3.63) is 66.5 Å². The smallest absolute Gasteiger partial charge is 0.263 e. The number of nitrogens with one attached hydrogen (secondary N) is 1. The lowest BCUT2D eigenvalue weighted by Crippen LogP contribution is -2.19. The lowest BCUT2D eigenvalue weighted by molar-refractivity contribution is 0.507. The van der Waals surface area contributed by atoms with E-state index in [4.69, 9.17) is 0 Å². The van der Waals surface area contributed by atoms with Crippen LogP contribution in [0.15, 0.2) is 65.6 Å². The molecule has 1 atom stereocenters. The maximum absolute atomic E-state index is 13.2. The normalized spacial score (nSPS) is 18.6. The predicted molar refractivity (Wildman–Crippen MR) is 107 cm³/mol. The zero-order valence-corrected chi connectivity index (χ0v) is 16.8. The van der Waals surface area contributed by atoms with Crippen LogP contribution < -0.4 is 4.72 Å². The van der Waals surface area contributed by atoms with Crippen LogP contribution in [0, 0.1) is 5.82 Å². The van der Waals surface area contributed by atoms with Crippen LogP contribution in [0.25, 0.3) is 11.3 Å². The highest BCUT2D eigenvalue weighted by Crippen LogP contribution is 2.31. The van der Waals surface area contributed by atoms with E-state index in [1.54, 1.807) is 18.2 Å². The van der Waals surface area contributed by atoms with Crippen LogP contribution in [0.2, 0.25) is 0 Å². The molecule has 7 nitrogen and oxygen atoms in total. The van der Waals surface area contributed by atoms with Crippen molar-refractivity contribution in [1.82, 2.24) is 9.78 Å². The summed E-state index contributed by atoms with van der Waals surface area (Å²) in [4.78, 5) is 0.0788. The first-order valence-electron chi connectivity index (χ1n) is 8.87. The van der Waals surface area contributed by atoms with Gasteiger partial charge in [-0.2, -0.15) is 5.10 Å². The average Bonchev–Trinajstić information content (AvgIpc) is 3.25. The van der Waals surface area contributed by atoms with Gasteiger partial charge in [0.25, 0.3) is 10.0 Å². The molecule has 0 saturated carbocycles. The van der Waals surface area contributed by atoms with Crippen molar-refractivity contribution in [2.45, 2.75) is 17.4 Å². The highest BCUT2D eigenvalue weighted by atomic mass is 32.2. The van der Waals surface area contributed by atoms with Crippen LogP contribution in [0.5, 0.6) is 0 Å². The second-order valence-corrected chi connectivity index (χ2v) is 10.8. The number of rotatable bonds is 5. The molecule has 0 spiro atoms. The zero-order valence-electron chi connectivity index (χ0n) is 15.2. The Balaban J connectivity index is 1.76. The largest absolute Gasteiger partial charge is 0.264 e. The first-order chi connectivity index (χ1) is 13.7. The Morgan fingerprint density at radius 1 is 1.07 bits per heavy atom. The Hall–Kier alpha value is -2.72. The third-order valence-electron chi connectivity index (χ3n) is 4.72. The third kappa shape index (κ3) is 4.18. The number of sulfone groups is 1. The quantitative estimate of drug-likeness (QED) is 0.665. The van der Waals surface area contributed by atoms with Crippen molar-refractivity contribution in [3.63, 3.8) is 0 Å². The first-order valence-corrected chi connectivity index (χ1v) is 12.2. The minimum atomic E-state index is -3.89. The van der Waals surface area contributed by atoms with E-state index in [0.29, 0.717) is 17.7 Å². The lowest BCUT2D eigenvalue weighted by atomic mass is 10.1. The summed E-state index contributed by atoms with van der Waals surface area (Å²) in [6.45, 7) is 0. The molecular formula is C19H18FN3O4S2. The van der Waals surface area contributed by atoms with E-state index in [0.717, 1.165) is 0 Å². The van der Waals surface area contributed by atoms with Gasteiger partial charge in [-0.25, -0.2) is 25.9 Å². The van der Waals surface area contributed by atoms with Gasteiger partial charge in [0, 0.05) is 11.6 Å². The molecule has 2 aromatic carbocycles. The number of hydrogen-bond donors (Lipinski definition) is 1. The van der Waals surface area contributed by atoms with Crippen molar-refractivity contribution in [3.8, 4) is 11.3 Å². The molecule has 10 heteroatoms. The number of nitrogens with zero attached hydrogens (tertiary/aromatic N) is 2. The molecule has 1 saturated heterocycles. The summed E-state index contributed by atoms with van der Waals surface area (Å²) in [7, 11) is -7.09. The fourth-order valence-electron chi connectivity index (χ4n) is 3.28. The topological polar surface area (TPSA) is 98.1 Å². The van der Waals surface area contributed by atoms with Gasteiger partial charge >= 0.3 is 0 Å². The predicted octanol–water partition coefficient (Wildman–Crippen LogP) is 2.85. The summed E-state index contributed by atoms with van der Waals surface area (Å²) in [5.41, 5.74) is 1.01. The molecule has 1 unspecified atom stereocenters. The highest BCUT2D eigenvalue weighted by molar-refractivity contribution is 7.92. The number of halogens is 1. The van der Waals surface area contributed by atoms with Crippen LogP contribution in [-0.4, -0.2) is 38.1 Å². The molecule has 1 aliphatic rings. The molecule has 3 aromatic rings. The second-order valence-electron chi connectivity index (χ2n) is 6.84. The first kappa shape index (κ1) is 19.6. The number of hydrogen-bond acceptors (Lipinski definition) is 5. The van der Waals surface area contributed by atoms with Crippen molar-refractivity contribution in [2.75, 3.05) is 16.2 Å². The zero-order chi connectivity index (χ0) is 20.6. The van der Waals surface area contributed by atoms with E-state index in [1.165, 1.54) is 47.1 Å². The minimum absolute atomic E-state index is 0.0221. The Morgan fingerprint density at radius 3 is 2.38 bits per heavy atom.